The van der Waals surface area contributed by atoms with Gasteiger partial charge in [-0.1, -0.05) is 54.6 Å². The molecule has 4 heteroatoms. The van der Waals surface area contributed by atoms with Crippen molar-refractivity contribution in [2.75, 3.05) is 6.54 Å². The molecule has 0 amide bonds. The largest absolute Gasteiger partial charge is 0.313 e. The van der Waals surface area contributed by atoms with Crippen molar-refractivity contribution >= 4 is 23.4 Å². The van der Waals surface area contributed by atoms with Crippen molar-refractivity contribution in [2.24, 2.45) is 0 Å². The fourth-order valence-electron chi connectivity index (χ4n) is 1.70. The van der Waals surface area contributed by atoms with Gasteiger partial charge in [0.1, 0.15) is 5.82 Å². The van der Waals surface area contributed by atoms with Crippen molar-refractivity contribution in [2.45, 2.75) is 23.3 Å². The molecule has 0 aliphatic rings. The minimum Gasteiger partial charge on any atom is -0.313 e. The molecule has 0 atom stereocenters. The molecule has 0 bridgehead atoms. The van der Waals surface area contributed by atoms with Crippen LogP contribution >= 0.6 is 23.4 Å². The molecule has 0 fully saturated rings. The van der Waals surface area contributed by atoms with Crippen molar-refractivity contribution in [3.8, 4) is 0 Å². The lowest BCUT2D eigenvalue weighted by Gasteiger charge is -2.11. The Morgan fingerprint density at radius 3 is 2.68 bits per heavy atom. The summed E-state index contributed by atoms with van der Waals surface area (Å²) in [5.41, 5.74) is 0.951. The van der Waals surface area contributed by atoms with E-state index in [1.54, 1.807) is 6.07 Å². The van der Waals surface area contributed by atoms with Gasteiger partial charge in [0.05, 0.1) is 9.92 Å². The van der Waals surface area contributed by atoms with E-state index in [-0.39, 0.29) is 5.82 Å². The highest BCUT2D eigenvalue weighted by atomic mass is 35.5. The van der Waals surface area contributed by atoms with Crippen LogP contribution in [0.2, 0.25) is 5.02 Å². The summed E-state index contributed by atoms with van der Waals surface area (Å²) in [6.07, 6.45) is 0. The maximum Gasteiger partial charge on any atom is 0.137 e. The second-order valence-corrected chi connectivity index (χ2v) is 5.50. The summed E-state index contributed by atoms with van der Waals surface area (Å²) in [6, 6.07) is 12.6. The molecule has 0 heterocycles. The number of hydrogen-bond donors (Lipinski definition) is 1. The van der Waals surface area contributed by atoms with Crippen molar-refractivity contribution in [3.63, 3.8) is 0 Å². The summed E-state index contributed by atoms with van der Waals surface area (Å²) in [7, 11) is 0. The Kier molecular flexibility index (Phi) is 5.25. The monoisotopic (exact) mass is 295 g/mol. The van der Waals surface area contributed by atoms with Crippen LogP contribution in [0.5, 0.6) is 0 Å². The first-order chi connectivity index (χ1) is 9.22. The Bertz CT molecular complexity index is 560. The van der Waals surface area contributed by atoms with Gasteiger partial charge in [-0.25, -0.2) is 4.39 Å². The molecular formula is C15H15ClFNS. The van der Waals surface area contributed by atoms with E-state index >= 15 is 0 Å². The Morgan fingerprint density at radius 1 is 1.16 bits per heavy atom. The smallest absolute Gasteiger partial charge is 0.137 e. The van der Waals surface area contributed by atoms with Gasteiger partial charge < -0.3 is 5.32 Å². The normalized spacial score (nSPS) is 10.7. The van der Waals surface area contributed by atoms with Gasteiger partial charge in [0.25, 0.3) is 0 Å². The van der Waals surface area contributed by atoms with Gasteiger partial charge >= 0.3 is 0 Å². The number of halogens is 2. The van der Waals surface area contributed by atoms with E-state index in [0.29, 0.717) is 16.5 Å². The topological polar surface area (TPSA) is 12.0 Å². The van der Waals surface area contributed by atoms with Gasteiger partial charge in [-0.2, -0.15) is 0 Å². The van der Waals surface area contributed by atoms with E-state index in [4.69, 9.17) is 11.6 Å². The third-order valence-corrected chi connectivity index (χ3v) is 4.34. The average molecular weight is 296 g/mol. The SMILES string of the molecule is CCNCc1cccc(F)c1Sc1ccccc1Cl. The minimum absolute atomic E-state index is 0.208. The predicted octanol–water partition coefficient (Wildman–Crippen LogP) is 4.74. The van der Waals surface area contributed by atoms with Crippen molar-refractivity contribution in [3.05, 3.63) is 58.9 Å². The van der Waals surface area contributed by atoms with E-state index in [1.165, 1.54) is 17.8 Å². The summed E-state index contributed by atoms with van der Waals surface area (Å²) in [5.74, 6) is -0.208. The second kappa shape index (κ2) is 6.94. The fourth-order valence-corrected chi connectivity index (χ4v) is 2.92. The van der Waals surface area contributed by atoms with Crippen molar-refractivity contribution in [1.29, 1.82) is 0 Å². The molecule has 2 aromatic carbocycles. The summed E-state index contributed by atoms with van der Waals surface area (Å²) in [6.45, 7) is 3.54. The molecule has 0 aliphatic heterocycles. The lowest BCUT2D eigenvalue weighted by Crippen LogP contribution is -2.12. The maximum atomic E-state index is 14.0. The molecule has 0 aromatic heterocycles. The zero-order chi connectivity index (χ0) is 13.7. The van der Waals surface area contributed by atoms with Crippen LogP contribution in [0.3, 0.4) is 0 Å². The summed E-state index contributed by atoms with van der Waals surface area (Å²) >= 11 is 7.50. The number of benzene rings is 2. The molecule has 1 nitrogen and oxygen atoms in total. The van der Waals surface area contributed by atoms with Gasteiger partial charge in [0.2, 0.25) is 0 Å². The molecule has 100 valence electrons. The zero-order valence-electron chi connectivity index (χ0n) is 10.6. The summed E-state index contributed by atoms with van der Waals surface area (Å²) in [5, 5.41) is 3.86. The van der Waals surface area contributed by atoms with Crippen molar-refractivity contribution < 1.29 is 4.39 Å². The highest BCUT2D eigenvalue weighted by molar-refractivity contribution is 7.99. The molecule has 0 saturated carbocycles. The van der Waals surface area contributed by atoms with Gasteiger partial charge in [-0.05, 0) is 30.3 Å². The average Bonchev–Trinajstić information content (AvgIpc) is 2.41. The minimum atomic E-state index is -0.208. The van der Waals surface area contributed by atoms with Gasteiger partial charge in [-0.3, -0.25) is 0 Å². The number of nitrogens with one attached hydrogen (secondary N) is 1. The molecule has 0 saturated heterocycles. The zero-order valence-corrected chi connectivity index (χ0v) is 12.2. The molecule has 0 unspecified atom stereocenters. The second-order valence-electron chi connectivity index (χ2n) is 4.04. The van der Waals surface area contributed by atoms with Crippen LogP contribution in [0.1, 0.15) is 12.5 Å². The molecule has 0 aliphatic carbocycles. The van der Waals surface area contributed by atoms with Crippen LogP contribution in [0, 0.1) is 5.82 Å². The molecule has 1 N–H and O–H groups in total. The Hall–Kier alpha value is -1.03. The highest BCUT2D eigenvalue weighted by Gasteiger charge is 2.11. The van der Waals surface area contributed by atoms with Crippen LogP contribution < -0.4 is 5.32 Å². The summed E-state index contributed by atoms with van der Waals surface area (Å²) < 4.78 is 14.0. The lowest BCUT2D eigenvalue weighted by molar-refractivity contribution is 0.591. The standard InChI is InChI=1S/C15H15ClFNS/c1-2-18-10-11-6-5-8-13(17)15(11)19-14-9-4-3-7-12(14)16/h3-9,18H,2,10H2,1H3. The molecular weight excluding hydrogens is 281 g/mol. The molecule has 2 rings (SSSR count). The van der Waals surface area contributed by atoms with Crippen LogP contribution in [0.4, 0.5) is 4.39 Å². The van der Waals surface area contributed by atoms with Crippen LogP contribution in [-0.2, 0) is 6.54 Å². The van der Waals surface area contributed by atoms with Crippen LogP contribution in [0.25, 0.3) is 0 Å². The number of rotatable bonds is 5. The van der Waals surface area contributed by atoms with Gasteiger partial charge in [0.15, 0.2) is 0 Å². The predicted molar refractivity (Wildman–Crippen MR) is 79.4 cm³/mol. The van der Waals surface area contributed by atoms with Gasteiger partial charge in [-0.15, -0.1) is 0 Å². The Morgan fingerprint density at radius 2 is 1.95 bits per heavy atom. The molecule has 0 radical (unpaired) electrons. The van der Waals surface area contributed by atoms with E-state index in [9.17, 15) is 4.39 Å². The van der Waals surface area contributed by atoms with E-state index in [1.807, 2.05) is 37.3 Å². The molecule has 19 heavy (non-hydrogen) atoms. The first-order valence-electron chi connectivity index (χ1n) is 6.13. The van der Waals surface area contributed by atoms with E-state index in [0.717, 1.165) is 17.0 Å². The molecule has 0 spiro atoms. The Balaban J connectivity index is 2.31. The third kappa shape index (κ3) is 3.72. The first-order valence-corrected chi connectivity index (χ1v) is 7.32. The van der Waals surface area contributed by atoms with Crippen LogP contribution in [0.15, 0.2) is 52.3 Å². The van der Waals surface area contributed by atoms with Gasteiger partial charge in [0, 0.05) is 11.4 Å². The lowest BCUT2D eigenvalue weighted by atomic mass is 10.2. The fraction of sp³-hybridized carbons (Fsp3) is 0.200. The van der Waals surface area contributed by atoms with E-state index in [2.05, 4.69) is 5.32 Å². The van der Waals surface area contributed by atoms with E-state index < -0.39 is 0 Å². The summed E-state index contributed by atoms with van der Waals surface area (Å²) in [4.78, 5) is 1.50. The maximum absolute atomic E-state index is 14.0. The Labute approximate surface area is 122 Å². The molecule has 2 aromatic rings. The highest BCUT2D eigenvalue weighted by Crippen LogP contribution is 2.36. The van der Waals surface area contributed by atoms with Crippen LogP contribution in [-0.4, -0.2) is 6.54 Å². The van der Waals surface area contributed by atoms with Crippen molar-refractivity contribution in [1.82, 2.24) is 5.32 Å². The third-order valence-electron chi connectivity index (χ3n) is 2.66. The number of hydrogen-bond acceptors (Lipinski definition) is 2. The first kappa shape index (κ1) is 14.4. The quantitative estimate of drug-likeness (QED) is 0.855.